The first kappa shape index (κ1) is 19.0. The van der Waals surface area contributed by atoms with E-state index in [2.05, 4.69) is 25.9 Å². The number of amides is 1. The van der Waals surface area contributed by atoms with Crippen molar-refractivity contribution in [3.05, 3.63) is 99.6 Å². The minimum absolute atomic E-state index is 0.0925. The van der Waals surface area contributed by atoms with Gasteiger partial charge in [-0.25, -0.2) is 4.98 Å². The van der Waals surface area contributed by atoms with Gasteiger partial charge in [0.05, 0.1) is 29.5 Å². The van der Waals surface area contributed by atoms with E-state index in [0.29, 0.717) is 17.6 Å². The minimum atomic E-state index is -0.314. The first-order valence-corrected chi connectivity index (χ1v) is 9.81. The van der Waals surface area contributed by atoms with Crippen molar-refractivity contribution in [1.29, 1.82) is 0 Å². The summed E-state index contributed by atoms with van der Waals surface area (Å²) < 4.78 is 2.37. The van der Waals surface area contributed by atoms with Gasteiger partial charge in [-0.15, -0.1) is 0 Å². The van der Waals surface area contributed by atoms with E-state index in [4.69, 9.17) is 0 Å². The highest BCUT2D eigenvalue weighted by Crippen LogP contribution is 2.21. The molecule has 0 atom stereocenters. The molecule has 0 saturated heterocycles. The van der Waals surface area contributed by atoms with Crippen LogP contribution >= 0.6 is 15.9 Å². The van der Waals surface area contributed by atoms with Crippen molar-refractivity contribution < 1.29 is 4.79 Å². The summed E-state index contributed by atoms with van der Waals surface area (Å²) in [5.74, 6) is -0.212. The van der Waals surface area contributed by atoms with Crippen molar-refractivity contribution in [3.8, 4) is 0 Å². The number of halogens is 1. The SMILES string of the molecule is O=C(Cn1c(=O)cnc2ccccc21)N(Cc1ccccn1)c1ccc(Br)cc1. The normalized spacial score (nSPS) is 10.8. The zero-order valence-electron chi connectivity index (χ0n) is 15.4. The fraction of sp³-hybridized carbons (Fsp3) is 0.0909. The third-order valence-electron chi connectivity index (χ3n) is 4.53. The van der Waals surface area contributed by atoms with E-state index in [1.165, 1.54) is 10.8 Å². The minimum Gasteiger partial charge on any atom is -0.305 e. The average Bonchev–Trinajstić information content (AvgIpc) is 2.75. The number of nitrogens with zero attached hydrogens (tertiary/aromatic N) is 4. The van der Waals surface area contributed by atoms with Crippen LogP contribution < -0.4 is 10.5 Å². The number of hydrogen-bond donors (Lipinski definition) is 0. The molecule has 0 fully saturated rings. The summed E-state index contributed by atoms with van der Waals surface area (Å²) in [5.41, 5.74) is 2.47. The van der Waals surface area contributed by atoms with Crippen molar-refractivity contribution in [3.63, 3.8) is 0 Å². The van der Waals surface area contributed by atoms with Gasteiger partial charge in [-0.2, -0.15) is 0 Å². The second-order valence-corrected chi connectivity index (χ2v) is 7.36. The summed E-state index contributed by atoms with van der Waals surface area (Å²) in [6.45, 7) is 0.212. The average molecular weight is 449 g/mol. The molecule has 2 aromatic carbocycles. The second-order valence-electron chi connectivity index (χ2n) is 6.45. The van der Waals surface area contributed by atoms with Crippen molar-refractivity contribution in [2.24, 2.45) is 0 Å². The third-order valence-corrected chi connectivity index (χ3v) is 5.06. The smallest absolute Gasteiger partial charge is 0.269 e. The van der Waals surface area contributed by atoms with E-state index in [1.54, 1.807) is 17.2 Å². The van der Waals surface area contributed by atoms with Crippen molar-refractivity contribution in [2.75, 3.05) is 4.90 Å². The molecule has 0 aliphatic rings. The largest absolute Gasteiger partial charge is 0.305 e. The number of pyridine rings is 1. The number of carbonyl (C=O) groups is 1. The van der Waals surface area contributed by atoms with Crippen LogP contribution in [0.1, 0.15) is 5.69 Å². The van der Waals surface area contributed by atoms with E-state index < -0.39 is 0 Å². The number of carbonyl (C=O) groups excluding carboxylic acids is 1. The van der Waals surface area contributed by atoms with Gasteiger partial charge in [0.2, 0.25) is 5.91 Å². The second kappa shape index (κ2) is 8.36. The molecule has 29 heavy (non-hydrogen) atoms. The van der Waals surface area contributed by atoms with Crippen molar-refractivity contribution >= 4 is 38.6 Å². The van der Waals surface area contributed by atoms with Gasteiger partial charge in [-0.05, 0) is 48.5 Å². The van der Waals surface area contributed by atoms with E-state index in [0.717, 1.165) is 15.9 Å². The van der Waals surface area contributed by atoms with Crippen LogP contribution in [0.3, 0.4) is 0 Å². The lowest BCUT2D eigenvalue weighted by Gasteiger charge is -2.23. The summed E-state index contributed by atoms with van der Waals surface area (Å²) in [6, 6.07) is 20.3. The van der Waals surface area contributed by atoms with Crippen LogP contribution in [0, 0.1) is 0 Å². The highest BCUT2D eigenvalue weighted by Gasteiger charge is 2.19. The number of para-hydroxylation sites is 2. The zero-order chi connectivity index (χ0) is 20.2. The standard InChI is InChI=1S/C22H17BrN4O2/c23-16-8-10-18(11-9-16)26(14-17-5-3-4-12-24-17)22(29)15-27-20-7-2-1-6-19(20)25-13-21(27)28/h1-13H,14-15H2. The number of anilines is 1. The molecular formula is C22H17BrN4O2. The molecule has 0 radical (unpaired) electrons. The van der Waals surface area contributed by atoms with Gasteiger partial charge in [0, 0.05) is 16.4 Å². The number of fused-ring (bicyclic) bond motifs is 1. The topological polar surface area (TPSA) is 68.1 Å². The fourth-order valence-corrected chi connectivity index (χ4v) is 3.36. The Labute approximate surface area is 175 Å². The molecule has 0 saturated carbocycles. The Hall–Kier alpha value is -3.32. The first-order chi connectivity index (χ1) is 14.1. The lowest BCUT2D eigenvalue weighted by molar-refractivity contribution is -0.119. The molecule has 0 bridgehead atoms. The Morgan fingerprint density at radius 3 is 2.48 bits per heavy atom. The molecule has 2 aromatic heterocycles. The maximum atomic E-state index is 13.3. The molecule has 144 valence electrons. The molecule has 0 N–H and O–H groups in total. The first-order valence-electron chi connectivity index (χ1n) is 9.02. The quantitative estimate of drug-likeness (QED) is 0.465. The maximum Gasteiger partial charge on any atom is 0.269 e. The fourth-order valence-electron chi connectivity index (χ4n) is 3.10. The van der Waals surface area contributed by atoms with E-state index in [1.807, 2.05) is 60.7 Å². The van der Waals surface area contributed by atoms with E-state index in [-0.39, 0.29) is 18.0 Å². The van der Waals surface area contributed by atoms with Gasteiger partial charge in [0.1, 0.15) is 6.54 Å². The Balaban J connectivity index is 1.71. The molecular weight excluding hydrogens is 432 g/mol. The summed E-state index contributed by atoms with van der Waals surface area (Å²) in [4.78, 5) is 35.9. The molecule has 0 spiro atoms. The van der Waals surface area contributed by atoms with Gasteiger partial charge in [-0.3, -0.25) is 19.1 Å². The summed E-state index contributed by atoms with van der Waals surface area (Å²) >= 11 is 3.42. The van der Waals surface area contributed by atoms with Gasteiger partial charge < -0.3 is 4.90 Å². The number of benzene rings is 2. The van der Waals surface area contributed by atoms with Gasteiger partial charge in [-0.1, -0.05) is 34.1 Å². The summed E-state index contributed by atoms with van der Waals surface area (Å²) in [6.07, 6.45) is 2.94. The zero-order valence-corrected chi connectivity index (χ0v) is 17.0. The molecule has 1 amide bonds. The van der Waals surface area contributed by atoms with Crippen LogP contribution in [0.25, 0.3) is 11.0 Å². The molecule has 0 aliphatic carbocycles. The lowest BCUT2D eigenvalue weighted by Crippen LogP contribution is -2.36. The molecule has 4 aromatic rings. The van der Waals surface area contributed by atoms with Crippen molar-refractivity contribution in [1.82, 2.24) is 14.5 Å². The highest BCUT2D eigenvalue weighted by molar-refractivity contribution is 9.10. The Kier molecular flexibility index (Phi) is 5.48. The molecule has 0 unspecified atom stereocenters. The van der Waals surface area contributed by atoms with Crippen molar-refractivity contribution in [2.45, 2.75) is 13.1 Å². The molecule has 7 heteroatoms. The van der Waals surface area contributed by atoms with Gasteiger partial charge in [0.25, 0.3) is 5.56 Å². The predicted octanol–water partition coefficient (Wildman–Crippen LogP) is 3.79. The number of rotatable bonds is 5. The van der Waals surface area contributed by atoms with E-state index >= 15 is 0 Å². The highest BCUT2D eigenvalue weighted by atomic mass is 79.9. The van der Waals surface area contributed by atoms with Crippen LogP contribution in [-0.2, 0) is 17.9 Å². The van der Waals surface area contributed by atoms with Crippen LogP contribution in [0.5, 0.6) is 0 Å². The Morgan fingerprint density at radius 2 is 1.72 bits per heavy atom. The predicted molar refractivity (Wildman–Crippen MR) is 116 cm³/mol. The van der Waals surface area contributed by atoms with E-state index in [9.17, 15) is 9.59 Å². The van der Waals surface area contributed by atoms with Gasteiger partial charge >= 0.3 is 0 Å². The summed E-state index contributed by atoms with van der Waals surface area (Å²) in [5, 5.41) is 0. The van der Waals surface area contributed by atoms with Crippen LogP contribution in [0.15, 0.2) is 88.4 Å². The Morgan fingerprint density at radius 1 is 0.966 bits per heavy atom. The summed E-state index contributed by atoms with van der Waals surface area (Å²) in [7, 11) is 0. The number of hydrogen-bond acceptors (Lipinski definition) is 4. The van der Waals surface area contributed by atoms with Gasteiger partial charge in [0.15, 0.2) is 0 Å². The van der Waals surface area contributed by atoms with Crippen LogP contribution in [-0.4, -0.2) is 20.4 Å². The maximum absolute atomic E-state index is 13.3. The monoisotopic (exact) mass is 448 g/mol. The molecule has 4 rings (SSSR count). The van der Waals surface area contributed by atoms with Crippen LogP contribution in [0.4, 0.5) is 5.69 Å². The molecule has 2 heterocycles. The molecule has 0 aliphatic heterocycles. The Bertz CT molecular complexity index is 1210. The lowest BCUT2D eigenvalue weighted by atomic mass is 10.2. The van der Waals surface area contributed by atoms with Crippen LogP contribution in [0.2, 0.25) is 0 Å². The number of aromatic nitrogens is 3. The molecule has 6 nitrogen and oxygen atoms in total. The third kappa shape index (κ3) is 4.25.